The van der Waals surface area contributed by atoms with Gasteiger partial charge in [-0.25, -0.2) is 4.98 Å². The second-order valence-corrected chi connectivity index (χ2v) is 7.47. The standard InChI is InChI=1S/C16H18N2O3S/c1-16(2)13(9-5-6-20-14(9)16)18-15(19)11-12(21-8-17-11)10-4-3-7-22-10/h3-4,7-9,13-14H,5-6H2,1-2H3,(H,18,19)/t9-,13-,14-/m1/s1. The molecule has 3 atom stereocenters. The monoisotopic (exact) mass is 318 g/mol. The molecule has 6 heteroatoms. The number of aromatic nitrogens is 1. The van der Waals surface area contributed by atoms with E-state index < -0.39 is 0 Å². The molecule has 1 aliphatic heterocycles. The Morgan fingerprint density at radius 2 is 2.36 bits per heavy atom. The zero-order chi connectivity index (χ0) is 15.3. The van der Waals surface area contributed by atoms with Crippen molar-refractivity contribution in [1.82, 2.24) is 10.3 Å². The van der Waals surface area contributed by atoms with Gasteiger partial charge in [0, 0.05) is 24.0 Å². The Morgan fingerprint density at radius 1 is 1.50 bits per heavy atom. The quantitative estimate of drug-likeness (QED) is 0.945. The number of rotatable bonds is 3. The second-order valence-electron chi connectivity index (χ2n) is 6.52. The Hall–Kier alpha value is -1.66. The third-order valence-electron chi connectivity index (χ3n) is 4.91. The van der Waals surface area contributed by atoms with E-state index in [-0.39, 0.29) is 23.5 Å². The number of thiophene rings is 1. The highest BCUT2D eigenvalue weighted by Crippen LogP contribution is 2.52. The molecule has 0 spiro atoms. The van der Waals surface area contributed by atoms with Gasteiger partial charge in [-0.15, -0.1) is 11.3 Å². The van der Waals surface area contributed by atoms with E-state index in [4.69, 9.17) is 9.15 Å². The first-order chi connectivity index (χ1) is 10.6. The van der Waals surface area contributed by atoms with E-state index in [2.05, 4.69) is 24.1 Å². The van der Waals surface area contributed by atoms with Crippen LogP contribution in [0.4, 0.5) is 0 Å². The Morgan fingerprint density at radius 3 is 3.14 bits per heavy atom. The van der Waals surface area contributed by atoms with Gasteiger partial charge in [0.15, 0.2) is 17.8 Å². The third-order valence-corrected chi connectivity index (χ3v) is 5.78. The number of fused-ring (bicyclic) bond motifs is 1. The fraction of sp³-hybridized carbons (Fsp3) is 0.500. The molecule has 22 heavy (non-hydrogen) atoms. The maximum absolute atomic E-state index is 12.6. The lowest BCUT2D eigenvalue weighted by Crippen LogP contribution is -2.66. The number of hydrogen-bond donors (Lipinski definition) is 1. The van der Waals surface area contributed by atoms with E-state index in [1.165, 1.54) is 17.7 Å². The summed E-state index contributed by atoms with van der Waals surface area (Å²) in [7, 11) is 0. The van der Waals surface area contributed by atoms with Crippen LogP contribution in [0.15, 0.2) is 28.3 Å². The van der Waals surface area contributed by atoms with Gasteiger partial charge in [-0.1, -0.05) is 19.9 Å². The summed E-state index contributed by atoms with van der Waals surface area (Å²) < 4.78 is 11.2. The predicted molar refractivity (Wildman–Crippen MR) is 82.7 cm³/mol. The topological polar surface area (TPSA) is 64.4 Å². The van der Waals surface area contributed by atoms with Crippen molar-refractivity contribution in [3.05, 3.63) is 29.6 Å². The number of carbonyl (C=O) groups is 1. The molecule has 2 fully saturated rings. The molecule has 2 aliphatic rings. The molecule has 2 aromatic heterocycles. The minimum absolute atomic E-state index is 0.0380. The van der Waals surface area contributed by atoms with Crippen LogP contribution in [0.25, 0.3) is 10.6 Å². The first-order valence-electron chi connectivity index (χ1n) is 7.49. The van der Waals surface area contributed by atoms with Gasteiger partial charge in [0.05, 0.1) is 11.0 Å². The Labute approximate surface area is 132 Å². The normalized spacial score (nSPS) is 28.9. The molecular weight excluding hydrogens is 300 g/mol. The van der Waals surface area contributed by atoms with Gasteiger partial charge in [0.2, 0.25) is 0 Å². The van der Waals surface area contributed by atoms with Crippen LogP contribution in [0.3, 0.4) is 0 Å². The van der Waals surface area contributed by atoms with Crippen molar-refractivity contribution in [3.8, 4) is 10.6 Å². The average Bonchev–Trinajstić information content (AvgIpc) is 3.22. The van der Waals surface area contributed by atoms with E-state index in [0.717, 1.165) is 17.9 Å². The van der Waals surface area contributed by atoms with Crippen molar-refractivity contribution < 1.29 is 13.9 Å². The molecular formula is C16H18N2O3S. The van der Waals surface area contributed by atoms with Gasteiger partial charge in [0.1, 0.15) is 0 Å². The minimum Gasteiger partial charge on any atom is -0.442 e. The summed E-state index contributed by atoms with van der Waals surface area (Å²) in [4.78, 5) is 17.7. The number of amides is 1. The number of nitrogens with one attached hydrogen (secondary N) is 1. The predicted octanol–water partition coefficient (Wildman–Crippen LogP) is 2.95. The van der Waals surface area contributed by atoms with Crippen molar-refractivity contribution in [2.45, 2.75) is 32.4 Å². The van der Waals surface area contributed by atoms with E-state index in [1.807, 2.05) is 17.5 Å². The van der Waals surface area contributed by atoms with Gasteiger partial charge in [-0.05, 0) is 17.9 Å². The van der Waals surface area contributed by atoms with E-state index in [1.54, 1.807) is 0 Å². The molecule has 0 unspecified atom stereocenters. The molecule has 2 aromatic rings. The van der Waals surface area contributed by atoms with Gasteiger partial charge >= 0.3 is 0 Å². The number of oxazole rings is 1. The lowest BCUT2D eigenvalue weighted by atomic mass is 9.57. The van der Waals surface area contributed by atoms with Gasteiger partial charge in [0.25, 0.3) is 5.91 Å². The smallest absolute Gasteiger partial charge is 0.274 e. The molecule has 1 amide bonds. The number of carbonyl (C=O) groups excluding carboxylic acids is 1. The van der Waals surface area contributed by atoms with Crippen LogP contribution in [-0.4, -0.2) is 29.6 Å². The molecule has 116 valence electrons. The number of hydrogen-bond acceptors (Lipinski definition) is 5. The summed E-state index contributed by atoms with van der Waals surface area (Å²) in [5.41, 5.74) is 0.324. The summed E-state index contributed by atoms with van der Waals surface area (Å²) >= 11 is 1.53. The molecule has 4 rings (SSSR count). The van der Waals surface area contributed by atoms with Crippen LogP contribution in [0.2, 0.25) is 0 Å². The minimum atomic E-state index is -0.166. The third kappa shape index (κ3) is 1.94. The molecule has 0 radical (unpaired) electrons. The van der Waals surface area contributed by atoms with Crippen LogP contribution in [0, 0.1) is 11.3 Å². The van der Waals surface area contributed by atoms with Crippen molar-refractivity contribution in [2.75, 3.05) is 6.61 Å². The molecule has 0 bridgehead atoms. The maximum atomic E-state index is 12.6. The number of ether oxygens (including phenoxy) is 1. The van der Waals surface area contributed by atoms with Crippen molar-refractivity contribution >= 4 is 17.2 Å². The second kappa shape index (κ2) is 4.93. The average molecular weight is 318 g/mol. The van der Waals surface area contributed by atoms with Crippen LogP contribution in [-0.2, 0) is 4.74 Å². The SMILES string of the molecule is CC1(C)[C@H](NC(=O)c2ncoc2-c2cccs2)[C@H]2CCO[C@H]21. The van der Waals surface area contributed by atoms with Crippen LogP contribution in [0.5, 0.6) is 0 Å². The van der Waals surface area contributed by atoms with E-state index >= 15 is 0 Å². The van der Waals surface area contributed by atoms with Crippen LogP contribution >= 0.6 is 11.3 Å². The first-order valence-corrected chi connectivity index (χ1v) is 8.37. The highest BCUT2D eigenvalue weighted by molar-refractivity contribution is 7.13. The number of nitrogens with zero attached hydrogens (tertiary/aromatic N) is 1. The van der Waals surface area contributed by atoms with Gasteiger partial charge in [-0.2, -0.15) is 0 Å². The zero-order valence-electron chi connectivity index (χ0n) is 12.5. The lowest BCUT2D eigenvalue weighted by Gasteiger charge is -2.54. The molecule has 0 aromatic carbocycles. The molecule has 1 saturated heterocycles. The summed E-state index contributed by atoms with van der Waals surface area (Å²) in [5, 5.41) is 5.10. The van der Waals surface area contributed by atoms with E-state index in [0.29, 0.717) is 17.4 Å². The molecule has 1 aliphatic carbocycles. The Balaban J connectivity index is 1.55. The molecule has 3 heterocycles. The van der Waals surface area contributed by atoms with Crippen LogP contribution in [0.1, 0.15) is 30.8 Å². The lowest BCUT2D eigenvalue weighted by molar-refractivity contribution is -0.108. The van der Waals surface area contributed by atoms with Crippen molar-refractivity contribution in [1.29, 1.82) is 0 Å². The van der Waals surface area contributed by atoms with Crippen molar-refractivity contribution in [3.63, 3.8) is 0 Å². The van der Waals surface area contributed by atoms with Crippen molar-refractivity contribution in [2.24, 2.45) is 11.3 Å². The zero-order valence-corrected chi connectivity index (χ0v) is 13.4. The Bertz CT molecular complexity index is 692. The highest BCUT2D eigenvalue weighted by atomic mass is 32.1. The van der Waals surface area contributed by atoms with Gasteiger partial charge in [-0.3, -0.25) is 4.79 Å². The maximum Gasteiger partial charge on any atom is 0.274 e. The summed E-state index contributed by atoms with van der Waals surface area (Å²) in [6.45, 7) is 5.08. The first kappa shape index (κ1) is 14.0. The fourth-order valence-corrected chi connectivity index (χ4v) is 4.53. The highest BCUT2D eigenvalue weighted by Gasteiger charge is 2.59. The summed E-state index contributed by atoms with van der Waals surface area (Å²) in [6.07, 6.45) is 2.60. The Kier molecular flexibility index (Phi) is 3.13. The summed E-state index contributed by atoms with van der Waals surface area (Å²) in [6, 6.07) is 3.98. The fourth-order valence-electron chi connectivity index (χ4n) is 3.82. The summed E-state index contributed by atoms with van der Waals surface area (Å²) in [5.74, 6) is 0.792. The molecule has 1 saturated carbocycles. The van der Waals surface area contributed by atoms with Crippen LogP contribution < -0.4 is 5.32 Å². The largest absolute Gasteiger partial charge is 0.442 e. The van der Waals surface area contributed by atoms with E-state index in [9.17, 15) is 4.79 Å². The molecule has 1 N–H and O–H groups in total. The van der Waals surface area contributed by atoms with Gasteiger partial charge < -0.3 is 14.5 Å². The molecule has 5 nitrogen and oxygen atoms in total.